The van der Waals surface area contributed by atoms with Gasteiger partial charge in [0.1, 0.15) is 0 Å². The molecule has 1 atom stereocenters. The highest BCUT2D eigenvalue weighted by atomic mass is 16.3. The molecular formula is C17H20N2O3. The van der Waals surface area contributed by atoms with Gasteiger partial charge in [-0.3, -0.25) is 9.59 Å². The first-order valence-corrected chi connectivity index (χ1v) is 7.31. The van der Waals surface area contributed by atoms with Gasteiger partial charge in [-0.05, 0) is 43.2 Å². The Bertz CT molecular complexity index is 635. The number of hydrogen-bond acceptors (Lipinski definition) is 3. The van der Waals surface area contributed by atoms with Crippen molar-refractivity contribution >= 4 is 11.8 Å². The lowest BCUT2D eigenvalue weighted by molar-refractivity contribution is 0.0921. The third-order valence-corrected chi connectivity index (χ3v) is 3.38. The summed E-state index contributed by atoms with van der Waals surface area (Å²) in [5.74, 6) is -0.112. The van der Waals surface area contributed by atoms with Crippen LogP contribution >= 0.6 is 0 Å². The third-order valence-electron chi connectivity index (χ3n) is 3.38. The molecule has 0 saturated carbocycles. The molecule has 2 rings (SSSR count). The molecule has 2 aromatic rings. The Kier molecular flexibility index (Phi) is 5.36. The van der Waals surface area contributed by atoms with Crippen LogP contribution in [0.15, 0.2) is 47.1 Å². The van der Waals surface area contributed by atoms with E-state index in [2.05, 4.69) is 10.6 Å². The molecule has 0 aliphatic rings. The van der Waals surface area contributed by atoms with Crippen molar-refractivity contribution in [2.45, 2.75) is 32.9 Å². The Labute approximate surface area is 129 Å². The maximum atomic E-state index is 12.1. The molecule has 116 valence electrons. The molecule has 5 nitrogen and oxygen atoms in total. The molecule has 2 amide bonds. The average molecular weight is 300 g/mol. The van der Waals surface area contributed by atoms with Crippen LogP contribution in [0.2, 0.25) is 0 Å². The van der Waals surface area contributed by atoms with E-state index in [-0.39, 0.29) is 23.6 Å². The van der Waals surface area contributed by atoms with Crippen LogP contribution in [0.1, 0.15) is 46.7 Å². The molecule has 2 N–H and O–H groups in total. The van der Waals surface area contributed by atoms with Crippen LogP contribution in [0.25, 0.3) is 0 Å². The van der Waals surface area contributed by atoms with E-state index in [4.69, 9.17) is 4.42 Å². The zero-order valence-electron chi connectivity index (χ0n) is 12.8. The Morgan fingerprint density at radius 2 is 2.00 bits per heavy atom. The fourth-order valence-corrected chi connectivity index (χ4v) is 1.91. The van der Waals surface area contributed by atoms with Crippen LogP contribution in [0.3, 0.4) is 0 Å². The summed E-state index contributed by atoms with van der Waals surface area (Å²) in [6.45, 7) is 4.32. The van der Waals surface area contributed by atoms with Gasteiger partial charge >= 0.3 is 0 Å². The predicted octanol–water partition coefficient (Wildman–Crippen LogP) is 2.74. The number of hydrogen-bond donors (Lipinski definition) is 2. The first-order valence-electron chi connectivity index (χ1n) is 7.31. The largest absolute Gasteiger partial charge is 0.459 e. The van der Waals surface area contributed by atoms with Gasteiger partial charge in [-0.1, -0.05) is 19.1 Å². The Balaban J connectivity index is 1.96. The van der Waals surface area contributed by atoms with Crippen LogP contribution in [0.4, 0.5) is 0 Å². The lowest BCUT2D eigenvalue weighted by atomic mass is 10.1. The highest BCUT2D eigenvalue weighted by molar-refractivity contribution is 5.94. The molecule has 5 heteroatoms. The smallest absolute Gasteiger partial charge is 0.287 e. The minimum atomic E-state index is -0.278. The number of furan rings is 1. The minimum Gasteiger partial charge on any atom is -0.459 e. The zero-order chi connectivity index (χ0) is 15.9. The van der Waals surface area contributed by atoms with Gasteiger partial charge in [0, 0.05) is 18.2 Å². The molecule has 0 aliphatic heterocycles. The first-order chi connectivity index (χ1) is 10.6. The second-order valence-corrected chi connectivity index (χ2v) is 5.14. The molecule has 1 aromatic heterocycles. The maximum absolute atomic E-state index is 12.1. The van der Waals surface area contributed by atoms with E-state index in [1.807, 2.05) is 19.9 Å². The monoisotopic (exact) mass is 300 g/mol. The summed E-state index contributed by atoms with van der Waals surface area (Å²) in [4.78, 5) is 23.9. The molecule has 1 aromatic carbocycles. The maximum Gasteiger partial charge on any atom is 0.287 e. The summed E-state index contributed by atoms with van der Waals surface area (Å²) < 4.78 is 5.03. The lowest BCUT2D eigenvalue weighted by Gasteiger charge is -2.12. The summed E-state index contributed by atoms with van der Waals surface area (Å²) in [5, 5.41) is 5.67. The average Bonchev–Trinajstić information content (AvgIpc) is 3.07. The standard InChI is InChI=1S/C17H20N2O3/c1-3-12(2)19-16(20)14-7-4-6-13(10-14)11-18-17(21)15-8-5-9-22-15/h4-10,12H,3,11H2,1-2H3,(H,18,21)(H,19,20)/t12-/m0/s1. The van der Waals surface area contributed by atoms with Crippen LogP contribution in [0.5, 0.6) is 0 Å². The molecule has 22 heavy (non-hydrogen) atoms. The van der Waals surface area contributed by atoms with Crippen LogP contribution in [-0.2, 0) is 6.54 Å². The number of carbonyl (C=O) groups is 2. The van der Waals surface area contributed by atoms with Gasteiger partial charge in [-0.15, -0.1) is 0 Å². The highest BCUT2D eigenvalue weighted by Crippen LogP contribution is 2.07. The molecular weight excluding hydrogens is 280 g/mol. The van der Waals surface area contributed by atoms with E-state index in [1.54, 1.807) is 30.3 Å². The molecule has 0 spiro atoms. The number of rotatable bonds is 6. The fourth-order valence-electron chi connectivity index (χ4n) is 1.91. The Morgan fingerprint density at radius 1 is 1.18 bits per heavy atom. The van der Waals surface area contributed by atoms with Crippen molar-refractivity contribution in [3.63, 3.8) is 0 Å². The minimum absolute atomic E-state index is 0.103. The Hall–Kier alpha value is -2.56. The molecule has 0 unspecified atom stereocenters. The molecule has 1 heterocycles. The first kappa shape index (κ1) is 15.8. The number of amides is 2. The van der Waals surface area contributed by atoms with Crippen molar-refractivity contribution < 1.29 is 14.0 Å². The topological polar surface area (TPSA) is 71.3 Å². The van der Waals surface area contributed by atoms with Gasteiger partial charge in [-0.25, -0.2) is 0 Å². The molecule has 0 saturated heterocycles. The fraction of sp³-hybridized carbons (Fsp3) is 0.294. The van der Waals surface area contributed by atoms with Crippen molar-refractivity contribution in [3.05, 3.63) is 59.5 Å². The SMILES string of the molecule is CC[C@H](C)NC(=O)c1cccc(CNC(=O)c2ccco2)c1. The van der Waals surface area contributed by atoms with Gasteiger partial charge in [0.25, 0.3) is 11.8 Å². The lowest BCUT2D eigenvalue weighted by Crippen LogP contribution is -2.32. The van der Waals surface area contributed by atoms with Crippen molar-refractivity contribution in [1.29, 1.82) is 0 Å². The summed E-state index contributed by atoms with van der Waals surface area (Å²) in [6.07, 6.45) is 2.33. The van der Waals surface area contributed by atoms with Gasteiger partial charge < -0.3 is 15.1 Å². The van der Waals surface area contributed by atoms with Crippen molar-refractivity contribution in [1.82, 2.24) is 10.6 Å². The van der Waals surface area contributed by atoms with E-state index in [9.17, 15) is 9.59 Å². The normalized spacial score (nSPS) is 11.7. The molecule has 0 radical (unpaired) electrons. The second-order valence-electron chi connectivity index (χ2n) is 5.14. The van der Waals surface area contributed by atoms with Crippen molar-refractivity contribution in [2.24, 2.45) is 0 Å². The summed E-state index contributed by atoms with van der Waals surface area (Å²) in [6, 6.07) is 10.6. The number of nitrogens with one attached hydrogen (secondary N) is 2. The van der Waals surface area contributed by atoms with E-state index >= 15 is 0 Å². The van der Waals surface area contributed by atoms with Gasteiger partial charge in [0.15, 0.2) is 5.76 Å². The van der Waals surface area contributed by atoms with E-state index in [1.165, 1.54) is 6.26 Å². The van der Waals surface area contributed by atoms with E-state index in [0.717, 1.165) is 12.0 Å². The summed E-state index contributed by atoms with van der Waals surface area (Å²) in [5.41, 5.74) is 1.45. The predicted molar refractivity (Wildman–Crippen MR) is 83.5 cm³/mol. The zero-order valence-corrected chi connectivity index (χ0v) is 12.8. The summed E-state index contributed by atoms with van der Waals surface area (Å²) in [7, 11) is 0. The second kappa shape index (κ2) is 7.45. The van der Waals surface area contributed by atoms with Crippen molar-refractivity contribution in [2.75, 3.05) is 0 Å². The van der Waals surface area contributed by atoms with Crippen LogP contribution < -0.4 is 10.6 Å². The van der Waals surface area contributed by atoms with Crippen LogP contribution in [-0.4, -0.2) is 17.9 Å². The van der Waals surface area contributed by atoms with Crippen molar-refractivity contribution in [3.8, 4) is 0 Å². The van der Waals surface area contributed by atoms with E-state index < -0.39 is 0 Å². The van der Waals surface area contributed by atoms with Crippen LogP contribution in [0, 0.1) is 0 Å². The molecule has 0 bridgehead atoms. The highest BCUT2D eigenvalue weighted by Gasteiger charge is 2.10. The quantitative estimate of drug-likeness (QED) is 0.861. The van der Waals surface area contributed by atoms with E-state index in [0.29, 0.717) is 12.1 Å². The van der Waals surface area contributed by atoms with Gasteiger partial charge in [0.2, 0.25) is 0 Å². The number of benzene rings is 1. The van der Waals surface area contributed by atoms with Gasteiger partial charge in [0.05, 0.1) is 6.26 Å². The van der Waals surface area contributed by atoms with Gasteiger partial charge in [-0.2, -0.15) is 0 Å². The third kappa shape index (κ3) is 4.22. The number of carbonyl (C=O) groups excluding carboxylic acids is 2. The summed E-state index contributed by atoms with van der Waals surface area (Å²) >= 11 is 0. The molecule has 0 aliphatic carbocycles. The molecule has 0 fully saturated rings. The Morgan fingerprint density at radius 3 is 2.68 bits per heavy atom.